The number of nitrogens with zero attached hydrogens (tertiary/aromatic N) is 1. The van der Waals surface area contributed by atoms with E-state index in [0.29, 0.717) is 28.4 Å². The molecule has 0 spiro atoms. The number of nitrogens with one attached hydrogen (secondary N) is 1. The highest BCUT2D eigenvalue weighted by Crippen LogP contribution is 2.33. The highest BCUT2D eigenvalue weighted by Gasteiger charge is 2.28. The number of ether oxygens (including phenoxy) is 1. The number of hydrogen-bond donors (Lipinski definition) is 1. The molecule has 1 aromatic rings. The van der Waals surface area contributed by atoms with Crippen molar-refractivity contribution in [2.24, 2.45) is 5.92 Å². The van der Waals surface area contributed by atoms with Gasteiger partial charge in [-0.15, -0.1) is 11.3 Å². The molecule has 21 heavy (non-hydrogen) atoms. The van der Waals surface area contributed by atoms with Crippen molar-refractivity contribution in [3.8, 4) is 0 Å². The molecular weight excluding hydrogens is 376 g/mol. The van der Waals surface area contributed by atoms with Gasteiger partial charge in [0.25, 0.3) is 0 Å². The maximum absolute atomic E-state index is 12.7. The highest BCUT2D eigenvalue weighted by molar-refractivity contribution is 9.11. The minimum absolute atomic E-state index is 0.285. The molecule has 0 amide bonds. The van der Waals surface area contributed by atoms with Crippen molar-refractivity contribution in [2.75, 3.05) is 33.9 Å². The molecule has 1 fully saturated rings. The zero-order valence-electron chi connectivity index (χ0n) is 12.3. The number of rotatable bonds is 6. The molecule has 0 saturated carbocycles. The first-order valence-electron chi connectivity index (χ1n) is 6.92. The largest absolute Gasteiger partial charge is 0.381 e. The van der Waals surface area contributed by atoms with E-state index < -0.39 is 10.0 Å². The predicted octanol–water partition coefficient (Wildman–Crippen LogP) is 2.28. The molecule has 1 aliphatic rings. The van der Waals surface area contributed by atoms with Crippen LogP contribution in [0.3, 0.4) is 0 Å². The van der Waals surface area contributed by atoms with Crippen molar-refractivity contribution in [2.45, 2.75) is 24.3 Å². The lowest BCUT2D eigenvalue weighted by atomic mass is 10.0. The maximum atomic E-state index is 12.7. The van der Waals surface area contributed by atoms with Crippen molar-refractivity contribution in [1.29, 1.82) is 0 Å². The van der Waals surface area contributed by atoms with Crippen LogP contribution < -0.4 is 5.32 Å². The topological polar surface area (TPSA) is 58.6 Å². The normalized spacial score (nSPS) is 20.1. The zero-order valence-corrected chi connectivity index (χ0v) is 15.5. The molecule has 8 heteroatoms. The van der Waals surface area contributed by atoms with Crippen LogP contribution in [0.2, 0.25) is 0 Å². The standard InChI is InChI=1S/C13H21BrN2O3S2/c1-15-7-11-6-12(13(14)20-11)21(17,18)16(2)8-10-4-3-5-19-9-10/h6,10,15H,3-5,7-9H2,1-2H3. The molecule has 2 heterocycles. The fourth-order valence-electron chi connectivity index (χ4n) is 2.42. The number of sulfonamides is 1. The summed E-state index contributed by atoms with van der Waals surface area (Å²) in [5.74, 6) is 0.285. The fourth-order valence-corrected chi connectivity index (χ4v) is 6.30. The van der Waals surface area contributed by atoms with Gasteiger partial charge in [0, 0.05) is 31.6 Å². The van der Waals surface area contributed by atoms with Gasteiger partial charge in [0.2, 0.25) is 10.0 Å². The van der Waals surface area contributed by atoms with Crippen LogP contribution in [-0.2, 0) is 21.3 Å². The van der Waals surface area contributed by atoms with Crippen LogP contribution in [0.25, 0.3) is 0 Å². The second-order valence-corrected chi connectivity index (χ2v) is 9.72. The van der Waals surface area contributed by atoms with Crippen molar-refractivity contribution >= 4 is 37.3 Å². The SMILES string of the molecule is CNCc1cc(S(=O)(=O)N(C)CC2CCCOC2)c(Br)s1. The van der Waals surface area contributed by atoms with E-state index >= 15 is 0 Å². The first kappa shape index (κ1) is 17.4. The Labute approximate surface area is 138 Å². The Morgan fingerprint density at radius 2 is 2.33 bits per heavy atom. The lowest BCUT2D eigenvalue weighted by molar-refractivity contribution is 0.0495. The number of hydrogen-bond acceptors (Lipinski definition) is 5. The second kappa shape index (κ2) is 7.52. The molecule has 1 unspecified atom stereocenters. The summed E-state index contributed by atoms with van der Waals surface area (Å²) < 4.78 is 32.9. The molecule has 1 aromatic heterocycles. The smallest absolute Gasteiger partial charge is 0.244 e. The Balaban J connectivity index is 2.12. The van der Waals surface area contributed by atoms with Gasteiger partial charge < -0.3 is 10.1 Å². The lowest BCUT2D eigenvalue weighted by Gasteiger charge is -2.26. The molecule has 0 bridgehead atoms. The summed E-state index contributed by atoms with van der Waals surface area (Å²) in [4.78, 5) is 1.36. The highest BCUT2D eigenvalue weighted by atomic mass is 79.9. The van der Waals surface area contributed by atoms with Crippen molar-refractivity contribution in [3.63, 3.8) is 0 Å². The molecule has 1 aliphatic heterocycles. The van der Waals surface area contributed by atoms with E-state index in [1.165, 1.54) is 15.6 Å². The van der Waals surface area contributed by atoms with Crippen molar-refractivity contribution in [1.82, 2.24) is 9.62 Å². The van der Waals surface area contributed by atoms with Crippen LogP contribution in [0, 0.1) is 5.92 Å². The van der Waals surface area contributed by atoms with Gasteiger partial charge in [-0.05, 0) is 47.8 Å². The van der Waals surface area contributed by atoms with Gasteiger partial charge in [-0.25, -0.2) is 12.7 Å². The van der Waals surface area contributed by atoms with E-state index in [2.05, 4.69) is 21.2 Å². The summed E-state index contributed by atoms with van der Waals surface area (Å²) in [5.41, 5.74) is 0. The third kappa shape index (κ3) is 4.27. The van der Waals surface area contributed by atoms with Gasteiger partial charge in [-0.2, -0.15) is 0 Å². The molecule has 1 N–H and O–H groups in total. The average Bonchev–Trinajstić information content (AvgIpc) is 2.82. The second-order valence-electron chi connectivity index (χ2n) is 5.25. The van der Waals surface area contributed by atoms with Crippen molar-refractivity contribution < 1.29 is 13.2 Å². The van der Waals surface area contributed by atoms with E-state index in [1.54, 1.807) is 13.1 Å². The summed E-state index contributed by atoms with van der Waals surface area (Å²) >= 11 is 4.83. The minimum Gasteiger partial charge on any atom is -0.381 e. The van der Waals surface area contributed by atoms with Crippen LogP contribution in [0.15, 0.2) is 14.7 Å². The molecule has 0 aromatic carbocycles. The summed E-state index contributed by atoms with van der Waals surface area (Å²) in [6.45, 7) is 2.61. The molecule has 2 rings (SSSR count). The Morgan fingerprint density at radius 3 is 2.95 bits per heavy atom. The third-order valence-electron chi connectivity index (χ3n) is 3.52. The molecule has 0 radical (unpaired) electrons. The van der Waals surface area contributed by atoms with E-state index in [-0.39, 0.29) is 5.92 Å². The summed E-state index contributed by atoms with van der Waals surface area (Å²) in [6, 6.07) is 1.74. The van der Waals surface area contributed by atoms with Crippen molar-refractivity contribution in [3.05, 3.63) is 14.7 Å². The van der Waals surface area contributed by atoms with Crippen LogP contribution >= 0.6 is 27.3 Å². The van der Waals surface area contributed by atoms with Crippen LogP contribution in [0.1, 0.15) is 17.7 Å². The Morgan fingerprint density at radius 1 is 1.57 bits per heavy atom. The summed E-state index contributed by atoms with van der Waals surface area (Å²) in [6.07, 6.45) is 2.03. The number of halogens is 1. The van der Waals surface area contributed by atoms with E-state index in [0.717, 1.165) is 24.3 Å². The van der Waals surface area contributed by atoms with Gasteiger partial charge >= 0.3 is 0 Å². The van der Waals surface area contributed by atoms with Crippen LogP contribution in [0.5, 0.6) is 0 Å². The summed E-state index contributed by atoms with van der Waals surface area (Å²) in [7, 11) is 0.0359. The zero-order chi connectivity index (χ0) is 15.5. The molecule has 0 aliphatic carbocycles. The van der Waals surface area contributed by atoms with Gasteiger partial charge in [0.15, 0.2) is 0 Å². The van der Waals surface area contributed by atoms with E-state index in [9.17, 15) is 8.42 Å². The van der Waals surface area contributed by atoms with Crippen LogP contribution in [0.4, 0.5) is 0 Å². The minimum atomic E-state index is -3.45. The van der Waals surface area contributed by atoms with Gasteiger partial charge in [-0.1, -0.05) is 0 Å². The quantitative estimate of drug-likeness (QED) is 0.800. The fraction of sp³-hybridized carbons (Fsp3) is 0.692. The first-order valence-corrected chi connectivity index (χ1v) is 9.97. The monoisotopic (exact) mass is 396 g/mol. The third-order valence-corrected chi connectivity index (χ3v) is 7.59. The molecular formula is C13H21BrN2O3S2. The molecule has 1 saturated heterocycles. The Kier molecular flexibility index (Phi) is 6.22. The molecule has 5 nitrogen and oxygen atoms in total. The predicted molar refractivity (Wildman–Crippen MR) is 88.1 cm³/mol. The van der Waals surface area contributed by atoms with Gasteiger partial charge in [0.05, 0.1) is 10.4 Å². The van der Waals surface area contributed by atoms with E-state index in [4.69, 9.17) is 4.74 Å². The van der Waals surface area contributed by atoms with Gasteiger partial charge in [0.1, 0.15) is 4.90 Å². The van der Waals surface area contributed by atoms with Gasteiger partial charge in [-0.3, -0.25) is 0 Å². The Bertz CT molecular complexity index is 568. The average molecular weight is 397 g/mol. The maximum Gasteiger partial charge on any atom is 0.244 e. The molecule has 120 valence electrons. The lowest BCUT2D eigenvalue weighted by Crippen LogP contribution is -2.35. The summed E-state index contributed by atoms with van der Waals surface area (Å²) in [5, 5.41) is 3.04. The number of thiophene rings is 1. The van der Waals surface area contributed by atoms with E-state index in [1.807, 2.05) is 7.05 Å². The molecule has 1 atom stereocenters. The van der Waals surface area contributed by atoms with Crippen LogP contribution in [-0.4, -0.2) is 46.6 Å². The Hall–Kier alpha value is 0.01000. The first-order chi connectivity index (χ1) is 9.95.